The molecule has 0 saturated carbocycles. The monoisotopic (exact) mass is 227 g/mol. The van der Waals surface area contributed by atoms with Crippen molar-refractivity contribution in [3.8, 4) is 11.3 Å². The Kier molecular flexibility index (Phi) is 2.39. The van der Waals surface area contributed by atoms with Crippen molar-refractivity contribution >= 4 is 5.69 Å². The minimum atomic E-state index is 0.801. The number of benzene rings is 1. The van der Waals surface area contributed by atoms with E-state index in [1.54, 1.807) is 0 Å². The Hall–Kier alpha value is -1.77. The second-order valence-electron chi connectivity index (χ2n) is 4.69. The van der Waals surface area contributed by atoms with E-state index in [1.807, 2.05) is 12.1 Å². The van der Waals surface area contributed by atoms with Gasteiger partial charge in [0.05, 0.1) is 5.69 Å². The number of nitrogens with two attached hydrogens (primary N) is 1. The van der Waals surface area contributed by atoms with Crippen molar-refractivity contribution in [1.29, 1.82) is 0 Å². The Morgan fingerprint density at radius 3 is 2.65 bits per heavy atom. The zero-order valence-electron chi connectivity index (χ0n) is 10.1. The van der Waals surface area contributed by atoms with Gasteiger partial charge in [0.15, 0.2) is 0 Å². The fraction of sp³-hybridized carbons (Fsp3) is 0.357. The van der Waals surface area contributed by atoms with Gasteiger partial charge in [0.25, 0.3) is 0 Å². The molecule has 0 atom stereocenters. The Balaban J connectivity index is 2.09. The number of aryl methyl sites for hydroxylation is 1. The molecule has 0 bridgehead atoms. The van der Waals surface area contributed by atoms with Gasteiger partial charge in [-0.3, -0.25) is 0 Å². The highest BCUT2D eigenvalue weighted by atomic mass is 15.1. The molecule has 2 heterocycles. The molecular weight excluding hydrogens is 210 g/mol. The van der Waals surface area contributed by atoms with Crippen LogP contribution in [0.4, 0.5) is 5.69 Å². The van der Waals surface area contributed by atoms with Gasteiger partial charge in [0.1, 0.15) is 5.82 Å². The smallest absolute Gasteiger partial charge is 0.109 e. The van der Waals surface area contributed by atoms with Crippen molar-refractivity contribution in [1.82, 2.24) is 9.55 Å². The molecule has 3 heteroatoms. The van der Waals surface area contributed by atoms with Crippen LogP contribution in [-0.2, 0) is 13.0 Å². The Morgan fingerprint density at radius 1 is 1.18 bits per heavy atom. The summed E-state index contributed by atoms with van der Waals surface area (Å²) in [6.45, 7) is 3.27. The number of hydrogen-bond donors (Lipinski definition) is 1. The topological polar surface area (TPSA) is 43.8 Å². The standard InChI is InChI=1S/C14H17N3/c1-10-14(11-5-7-12(15)8-6-11)16-13-4-2-3-9-17(10)13/h5-8H,2-4,9,15H2,1H3. The molecule has 2 N–H and O–H groups in total. The molecule has 0 amide bonds. The van der Waals surface area contributed by atoms with Gasteiger partial charge >= 0.3 is 0 Å². The number of anilines is 1. The first kappa shape index (κ1) is 10.4. The van der Waals surface area contributed by atoms with E-state index in [0.717, 1.165) is 24.3 Å². The van der Waals surface area contributed by atoms with E-state index in [0.29, 0.717) is 0 Å². The molecule has 1 aromatic carbocycles. The lowest BCUT2D eigenvalue weighted by Gasteiger charge is -2.14. The number of nitrogens with zero attached hydrogens (tertiary/aromatic N) is 2. The highest BCUT2D eigenvalue weighted by Crippen LogP contribution is 2.27. The van der Waals surface area contributed by atoms with Crippen LogP contribution < -0.4 is 5.73 Å². The second kappa shape index (κ2) is 3.91. The van der Waals surface area contributed by atoms with Crippen molar-refractivity contribution < 1.29 is 0 Å². The zero-order chi connectivity index (χ0) is 11.8. The fourth-order valence-electron chi connectivity index (χ4n) is 2.55. The molecule has 17 heavy (non-hydrogen) atoms. The lowest BCUT2D eigenvalue weighted by Crippen LogP contribution is -2.11. The van der Waals surface area contributed by atoms with Crippen LogP contribution in [0, 0.1) is 6.92 Å². The Morgan fingerprint density at radius 2 is 1.94 bits per heavy atom. The van der Waals surface area contributed by atoms with Crippen LogP contribution in [0.15, 0.2) is 24.3 Å². The number of nitrogen functional groups attached to an aromatic ring is 1. The summed E-state index contributed by atoms with van der Waals surface area (Å²) in [5, 5.41) is 0. The van der Waals surface area contributed by atoms with Crippen molar-refractivity contribution in [3.63, 3.8) is 0 Å². The summed E-state index contributed by atoms with van der Waals surface area (Å²) in [6.07, 6.45) is 3.64. The van der Waals surface area contributed by atoms with Crippen LogP contribution in [0.5, 0.6) is 0 Å². The summed E-state index contributed by atoms with van der Waals surface area (Å²) < 4.78 is 2.36. The highest BCUT2D eigenvalue weighted by Gasteiger charge is 2.17. The Labute approximate surface area is 101 Å². The van der Waals surface area contributed by atoms with Crippen molar-refractivity contribution in [2.45, 2.75) is 32.7 Å². The zero-order valence-corrected chi connectivity index (χ0v) is 10.1. The van der Waals surface area contributed by atoms with Crippen LogP contribution in [0.1, 0.15) is 24.4 Å². The maximum atomic E-state index is 5.71. The lowest BCUT2D eigenvalue weighted by molar-refractivity contribution is 0.514. The molecule has 0 unspecified atom stereocenters. The molecule has 0 fully saturated rings. The first-order valence-electron chi connectivity index (χ1n) is 6.17. The predicted octanol–water partition coefficient (Wildman–Crippen LogP) is 2.78. The SMILES string of the molecule is Cc1c(-c2ccc(N)cc2)nc2n1CCCC2. The molecule has 3 nitrogen and oxygen atoms in total. The Bertz CT molecular complexity index is 537. The third-order valence-electron chi connectivity index (χ3n) is 3.52. The van der Waals surface area contributed by atoms with Crippen molar-refractivity contribution in [3.05, 3.63) is 35.8 Å². The molecule has 3 rings (SSSR count). The normalized spacial score (nSPS) is 14.6. The highest BCUT2D eigenvalue weighted by molar-refractivity contribution is 5.64. The number of fused-ring (bicyclic) bond motifs is 1. The molecule has 0 radical (unpaired) electrons. The van der Waals surface area contributed by atoms with Gasteiger partial charge < -0.3 is 10.3 Å². The van der Waals surface area contributed by atoms with Crippen LogP contribution in [0.25, 0.3) is 11.3 Å². The molecule has 1 aliphatic heterocycles. The van der Waals surface area contributed by atoms with Gasteiger partial charge in [0.2, 0.25) is 0 Å². The van der Waals surface area contributed by atoms with E-state index in [2.05, 4.69) is 23.6 Å². The van der Waals surface area contributed by atoms with E-state index >= 15 is 0 Å². The van der Waals surface area contributed by atoms with E-state index < -0.39 is 0 Å². The maximum Gasteiger partial charge on any atom is 0.109 e. The minimum Gasteiger partial charge on any atom is -0.399 e. The number of hydrogen-bond acceptors (Lipinski definition) is 2. The van der Waals surface area contributed by atoms with Crippen LogP contribution >= 0.6 is 0 Å². The molecule has 1 aliphatic rings. The van der Waals surface area contributed by atoms with Gasteiger partial charge in [-0.25, -0.2) is 4.98 Å². The molecule has 88 valence electrons. The first-order chi connectivity index (χ1) is 8.25. The summed E-state index contributed by atoms with van der Waals surface area (Å²) >= 11 is 0. The molecule has 0 aliphatic carbocycles. The fourth-order valence-corrected chi connectivity index (χ4v) is 2.55. The quantitative estimate of drug-likeness (QED) is 0.761. The van der Waals surface area contributed by atoms with Gasteiger partial charge in [0, 0.05) is 29.9 Å². The summed E-state index contributed by atoms with van der Waals surface area (Å²) in [5.74, 6) is 1.24. The van der Waals surface area contributed by atoms with Gasteiger partial charge in [-0.2, -0.15) is 0 Å². The predicted molar refractivity (Wildman–Crippen MR) is 69.8 cm³/mol. The third-order valence-corrected chi connectivity index (χ3v) is 3.52. The molecule has 1 aromatic heterocycles. The van der Waals surface area contributed by atoms with Crippen LogP contribution in [-0.4, -0.2) is 9.55 Å². The summed E-state index contributed by atoms with van der Waals surface area (Å²) in [4.78, 5) is 4.77. The number of rotatable bonds is 1. The summed E-state index contributed by atoms with van der Waals surface area (Å²) in [7, 11) is 0. The summed E-state index contributed by atoms with van der Waals surface area (Å²) in [6, 6.07) is 7.98. The van der Waals surface area contributed by atoms with E-state index in [4.69, 9.17) is 10.7 Å². The average molecular weight is 227 g/mol. The first-order valence-corrected chi connectivity index (χ1v) is 6.17. The molecule has 0 saturated heterocycles. The number of aromatic nitrogens is 2. The third kappa shape index (κ3) is 1.71. The van der Waals surface area contributed by atoms with Gasteiger partial charge in [-0.15, -0.1) is 0 Å². The lowest BCUT2D eigenvalue weighted by atomic mass is 10.1. The molecule has 2 aromatic rings. The van der Waals surface area contributed by atoms with Crippen LogP contribution in [0.3, 0.4) is 0 Å². The number of imidazole rings is 1. The largest absolute Gasteiger partial charge is 0.399 e. The summed E-state index contributed by atoms with van der Waals surface area (Å²) in [5.41, 5.74) is 10.1. The van der Waals surface area contributed by atoms with E-state index in [-0.39, 0.29) is 0 Å². The molecule has 0 spiro atoms. The van der Waals surface area contributed by atoms with Crippen molar-refractivity contribution in [2.75, 3.05) is 5.73 Å². The average Bonchev–Trinajstić information content (AvgIpc) is 2.69. The van der Waals surface area contributed by atoms with E-state index in [9.17, 15) is 0 Å². The maximum absolute atomic E-state index is 5.71. The van der Waals surface area contributed by atoms with Gasteiger partial charge in [-0.05, 0) is 31.9 Å². The van der Waals surface area contributed by atoms with Crippen LogP contribution in [0.2, 0.25) is 0 Å². The van der Waals surface area contributed by atoms with Crippen molar-refractivity contribution in [2.24, 2.45) is 0 Å². The van der Waals surface area contributed by atoms with E-state index in [1.165, 1.54) is 29.9 Å². The second-order valence-corrected chi connectivity index (χ2v) is 4.69. The molecular formula is C14H17N3. The van der Waals surface area contributed by atoms with Gasteiger partial charge in [-0.1, -0.05) is 12.1 Å². The minimum absolute atomic E-state index is 0.801.